The number of aromatic carboxylic acids is 1. The van der Waals surface area contributed by atoms with Crippen LogP contribution in [-0.2, 0) is 17.8 Å². The van der Waals surface area contributed by atoms with Crippen LogP contribution >= 0.6 is 23.2 Å². The SMILES string of the molecule is CC(Cc1ccc(Cl)cc1Cl)C(=O)NCc1ccc(C(=O)O)o1. The Bertz CT molecular complexity index is 727. The molecular formula is C16H15Cl2NO4. The molecule has 0 spiro atoms. The summed E-state index contributed by atoms with van der Waals surface area (Å²) in [7, 11) is 0. The highest BCUT2D eigenvalue weighted by Crippen LogP contribution is 2.23. The molecule has 1 atom stereocenters. The van der Waals surface area contributed by atoms with Gasteiger partial charge in [0.15, 0.2) is 0 Å². The average molecular weight is 356 g/mol. The molecule has 2 aromatic rings. The molecule has 2 N–H and O–H groups in total. The minimum Gasteiger partial charge on any atom is -0.475 e. The minimum atomic E-state index is -1.15. The van der Waals surface area contributed by atoms with Crippen LogP contribution in [0.15, 0.2) is 34.7 Å². The molecule has 0 aliphatic rings. The van der Waals surface area contributed by atoms with E-state index in [9.17, 15) is 9.59 Å². The van der Waals surface area contributed by atoms with Crippen molar-refractivity contribution in [3.05, 3.63) is 57.5 Å². The summed E-state index contributed by atoms with van der Waals surface area (Å²) < 4.78 is 5.08. The van der Waals surface area contributed by atoms with Gasteiger partial charge in [0.1, 0.15) is 5.76 Å². The number of rotatable bonds is 6. The summed E-state index contributed by atoms with van der Waals surface area (Å²) in [5.74, 6) is -1.40. The fraction of sp³-hybridized carbons (Fsp3) is 0.250. The molecule has 0 aliphatic heterocycles. The van der Waals surface area contributed by atoms with E-state index in [1.54, 1.807) is 25.1 Å². The summed E-state index contributed by atoms with van der Waals surface area (Å²) >= 11 is 11.9. The molecule has 0 aliphatic carbocycles. The van der Waals surface area contributed by atoms with Crippen molar-refractivity contribution in [1.82, 2.24) is 5.32 Å². The Hall–Kier alpha value is -1.98. The second-order valence-electron chi connectivity index (χ2n) is 5.13. The molecule has 7 heteroatoms. The van der Waals surface area contributed by atoms with Gasteiger partial charge in [-0.3, -0.25) is 4.79 Å². The number of furan rings is 1. The van der Waals surface area contributed by atoms with Crippen LogP contribution in [0.25, 0.3) is 0 Å². The van der Waals surface area contributed by atoms with Gasteiger partial charge in [0, 0.05) is 16.0 Å². The number of amides is 1. The lowest BCUT2D eigenvalue weighted by atomic mass is 10.0. The predicted molar refractivity (Wildman–Crippen MR) is 86.8 cm³/mol. The zero-order valence-electron chi connectivity index (χ0n) is 12.3. The number of carboxylic acids is 1. The quantitative estimate of drug-likeness (QED) is 0.826. The topological polar surface area (TPSA) is 79.5 Å². The zero-order valence-corrected chi connectivity index (χ0v) is 13.8. The first-order valence-corrected chi connectivity index (χ1v) is 7.66. The molecule has 122 valence electrons. The molecular weight excluding hydrogens is 341 g/mol. The predicted octanol–water partition coefficient (Wildman–Crippen LogP) is 3.78. The number of halogens is 2. The Kier molecular flexibility index (Phi) is 5.69. The van der Waals surface area contributed by atoms with Crippen LogP contribution in [0.2, 0.25) is 10.0 Å². The molecule has 0 fully saturated rings. The van der Waals surface area contributed by atoms with Crippen LogP contribution < -0.4 is 5.32 Å². The van der Waals surface area contributed by atoms with E-state index in [1.165, 1.54) is 12.1 Å². The fourth-order valence-corrected chi connectivity index (χ4v) is 2.53. The first-order chi connectivity index (χ1) is 10.9. The fourth-order valence-electron chi connectivity index (χ4n) is 2.05. The van der Waals surface area contributed by atoms with Crippen LogP contribution in [-0.4, -0.2) is 17.0 Å². The van der Waals surface area contributed by atoms with Crippen molar-refractivity contribution in [3.8, 4) is 0 Å². The number of hydrogen-bond donors (Lipinski definition) is 2. The smallest absolute Gasteiger partial charge is 0.371 e. The Labute approximate surface area is 143 Å². The van der Waals surface area contributed by atoms with Gasteiger partial charge in [-0.1, -0.05) is 36.2 Å². The standard InChI is InChI=1S/C16H15Cl2NO4/c1-9(6-10-2-3-11(17)7-13(10)18)15(20)19-8-12-4-5-14(23-12)16(21)22/h2-5,7,9H,6,8H2,1H3,(H,19,20)(H,21,22). The maximum atomic E-state index is 12.1. The highest BCUT2D eigenvalue weighted by molar-refractivity contribution is 6.35. The third kappa shape index (κ3) is 4.74. The molecule has 0 saturated heterocycles. The van der Waals surface area contributed by atoms with E-state index >= 15 is 0 Å². The molecule has 5 nitrogen and oxygen atoms in total. The van der Waals surface area contributed by atoms with Crippen molar-refractivity contribution in [2.24, 2.45) is 5.92 Å². The van der Waals surface area contributed by atoms with E-state index in [4.69, 9.17) is 32.7 Å². The summed E-state index contributed by atoms with van der Waals surface area (Å²) in [6.45, 7) is 1.91. The van der Waals surface area contributed by atoms with Gasteiger partial charge in [0.2, 0.25) is 11.7 Å². The Balaban J connectivity index is 1.90. The van der Waals surface area contributed by atoms with Crippen LogP contribution in [0.5, 0.6) is 0 Å². The summed E-state index contributed by atoms with van der Waals surface area (Å²) in [6.07, 6.45) is 0.473. The van der Waals surface area contributed by atoms with Gasteiger partial charge in [-0.15, -0.1) is 0 Å². The van der Waals surface area contributed by atoms with E-state index in [1.807, 2.05) is 0 Å². The van der Waals surface area contributed by atoms with Crippen molar-refractivity contribution >= 4 is 35.1 Å². The van der Waals surface area contributed by atoms with Crippen molar-refractivity contribution in [1.29, 1.82) is 0 Å². The molecule has 1 amide bonds. The summed E-state index contributed by atoms with van der Waals surface area (Å²) in [4.78, 5) is 22.8. The van der Waals surface area contributed by atoms with E-state index in [0.717, 1.165) is 5.56 Å². The van der Waals surface area contributed by atoms with E-state index in [0.29, 0.717) is 22.2 Å². The summed E-state index contributed by atoms with van der Waals surface area (Å²) in [5, 5.41) is 12.5. The summed E-state index contributed by atoms with van der Waals surface area (Å²) in [5.41, 5.74) is 0.838. The first-order valence-electron chi connectivity index (χ1n) is 6.90. The lowest BCUT2D eigenvalue weighted by Gasteiger charge is -2.12. The Morgan fingerprint density at radius 1 is 1.26 bits per heavy atom. The largest absolute Gasteiger partial charge is 0.475 e. The zero-order chi connectivity index (χ0) is 17.0. The van der Waals surface area contributed by atoms with Crippen molar-refractivity contribution in [3.63, 3.8) is 0 Å². The van der Waals surface area contributed by atoms with Crippen LogP contribution in [0.3, 0.4) is 0 Å². The van der Waals surface area contributed by atoms with Crippen molar-refractivity contribution in [2.75, 3.05) is 0 Å². The van der Waals surface area contributed by atoms with E-state index < -0.39 is 5.97 Å². The number of nitrogens with one attached hydrogen (secondary N) is 1. The lowest BCUT2D eigenvalue weighted by Crippen LogP contribution is -2.29. The van der Waals surface area contributed by atoms with Gasteiger partial charge >= 0.3 is 5.97 Å². The van der Waals surface area contributed by atoms with Gasteiger partial charge in [-0.25, -0.2) is 4.79 Å². The molecule has 23 heavy (non-hydrogen) atoms. The third-order valence-corrected chi connectivity index (χ3v) is 3.89. The van der Waals surface area contributed by atoms with Crippen molar-refractivity contribution < 1.29 is 19.1 Å². The van der Waals surface area contributed by atoms with Gasteiger partial charge in [0.05, 0.1) is 6.54 Å². The summed E-state index contributed by atoms with van der Waals surface area (Å²) in [6, 6.07) is 8.02. The van der Waals surface area contributed by atoms with Crippen LogP contribution in [0.4, 0.5) is 0 Å². The number of benzene rings is 1. The van der Waals surface area contributed by atoms with Gasteiger partial charge in [-0.2, -0.15) is 0 Å². The number of hydrogen-bond acceptors (Lipinski definition) is 3. The number of carboxylic acid groups (broad SMARTS) is 1. The molecule has 1 aromatic heterocycles. The average Bonchev–Trinajstić information content (AvgIpc) is 2.96. The first kappa shape index (κ1) is 17.4. The van der Waals surface area contributed by atoms with Crippen LogP contribution in [0, 0.1) is 5.92 Å². The molecule has 1 heterocycles. The monoisotopic (exact) mass is 355 g/mol. The van der Waals surface area contributed by atoms with E-state index in [2.05, 4.69) is 5.32 Å². The Morgan fingerprint density at radius 3 is 2.61 bits per heavy atom. The molecule has 2 rings (SSSR count). The number of carbonyl (C=O) groups is 2. The van der Waals surface area contributed by atoms with Gasteiger partial charge < -0.3 is 14.8 Å². The van der Waals surface area contributed by atoms with Gasteiger partial charge in [-0.05, 0) is 36.2 Å². The third-order valence-electron chi connectivity index (χ3n) is 3.30. The molecule has 0 bridgehead atoms. The maximum Gasteiger partial charge on any atom is 0.371 e. The highest BCUT2D eigenvalue weighted by Gasteiger charge is 2.16. The Morgan fingerprint density at radius 2 is 2.00 bits per heavy atom. The van der Waals surface area contributed by atoms with Gasteiger partial charge in [0.25, 0.3) is 0 Å². The second-order valence-corrected chi connectivity index (χ2v) is 5.97. The molecule has 1 unspecified atom stereocenters. The normalized spacial score (nSPS) is 12.0. The lowest BCUT2D eigenvalue weighted by molar-refractivity contribution is -0.124. The highest BCUT2D eigenvalue weighted by atomic mass is 35.5. The minimum absolute atomic E-state index is 0.130. The van der Waals surface area contributed by atoms with Crippen molar-refractivity contribution in [2.45, 2.75) is 19.9 Å². The van der Waals surface area contributed by atoms with Crippen LogP contribution in [0.1, 0.15) is 28.8 Å². The number of carbonyl (C=O) groups excluding carboxylic acids is 1. The van der Waals surface area contributed by atoms with E-state index in [-0.39, 0.29) is 24.1 Å². The molecule has 0 radical (unpaired) electrons. The molecule has 1 aromatic carbocycles. The maximum absolute atomic E-state index is 12.1. The molecule has 0 saturated carbocycles. The second kappa shape index (κ2) is 7.53.